The third-order valence-corrected chi connectivity index (χ3v) is 4.29. The first-order chi connectivity index (χ1) is 13.3. The molecule has 0 saturated heterocycles. The number of non-ortho nitro benzene ring substituents is 1. The van der Waals surface area contributed by atoms with E-state index in [-0.39, 0.29) is 16.3 Å². The van der Waals surface area contributed by atoms with Crippen LogP contribution in [0.15, 0.2) is 58.0 Å². The van der Waals surface area contributed by atoms with Crippen LogP contribution in [-0.4, -0.2) is 22.2 Å². The number of hydrogen-bond donors (Lipinski definition) is 2. The highest BCUT2D eigenvalue weighted by Gasteiger charge is 2.14. The summed E-state index contributed by atoms with van der Waals surface area (Å²) < 4.78 is 5.59. The number of aromatic carboxylic acids is 1. The average Bonchev–Trinajstić information content (AvgIpc) is 3.11. The van der Waals surface area contributed by atoms with Gasteiger partial charge in [0, 0.05) is 17.7 Å². The highest BCUT2D eigenvalue weighted by atomic mass is 35.5. The summed E-state index contributed by atoms with van der Waals surface area (Å²) in [6.07, 6.45) is 1.36. The van der Waals surface area contributed by atoms with Crippen LogP contribution in [0.4, 0.5) is 11.4 Å². The third-order valence-electron chi connectivity index (χ3n) is 3.64. The summed E-state index contributed by atoms with van der Waals surface area (Å²) in [7, 11) is 0. The molecule has 1 heterocycles. The van der Waals surface area contributed by atoms with Gasteiger partial charge in [-0.05, 0) is 36.4 Å². The summed E-state index contributed by atoms with van der Waals surface area (Å²) >= 11 is 11.9. The Morgan fingerprint density at radius 2 is 1.89 bits per heavy atom. The van der Waals surface area contributed by atoms with Gasteiger partial charge in [-0.25, -0.2) is 4.79 Å². The molecule has 0 atom stereocenters. The number of anilines is 1. The van der Waals surface area contributed by atoms with E-state index in [1.807, 2.05) is 0 Å². The molecular weight excluding hydrogens is 409 g/mol. The van der Waals surface area contributed by atoms with E-state index in [4.69, 9.17) is 32.7 Å². The number of furan rings is 1. The molecule has 0 saturated carbocycles. The standard InChI is InChI=1S/C18H11Cl2N3O5/c19-15-5-2-11(23(26)27)8-13(15)17-6-3-12(28-17)9-21-22-10-1-4-16(20)14(7-10)18(24)25/h1-9,22H,(H,24,25)/b21-9+. The molecule has 142 valence electrons. The van der Waals surface area contributed by atoms with Crippen LogP contribution in [0.5, 0.6) is 0 Å². The van der Waals surface area contributed by atoms with Crippen molar-refractivity contribution in [1.29, 1.82) is 0 Å². The maximum atomic E-state index is 11.1. The van der Waals surface area contributed by atoms with Crippen molar-refractivity contribution in [2.45, 2.75) is 0 Å². The predicted octanol–water partition coefficient (Wildman–Crippen LogP) is 5.31. The minimum absolute atomic E-state index is 0.0533. The fourth-order valence-electron chi connectivity index (χ4n) is 2.31. The Labute approximate surface area is 168 Å². The second-order valence-corrected chi connectivity index (χ2v) is 6.31. The van der Waals surface area contributed by atoms with Gasteiger partial charge in [-0.15, -0.1) is 0 Å². The smallest absolute Gasteiger partial charge is 0.337 e. The van der Waals surface area contributed by atoms with Crippen LogP contribution in [0.25, 0.3) is 11.3 Å². The molecule has 1 aromatic heterocycles. The fourth-order valence-corrected chi connectivity index (χ4v) is 2.72. The molecule has 3 rings (SSSR count). The Kier molecular flexibility index (Phi) is 5.62. The summed E-state index contributed by atoms with van der Waals surface area (Å²) in [6.45, 7) is 0. The van der Waals surface area contributed by atoms with Crippen molar-refractivity contribution in [2.75, 3.05) is 5.43 Å². The largest absolute Gasteiger partial charge is 0.478 e. The van der Waals surface area contributed by atoms with E-state index in [1.165, 1.54) is 36.5 Å². The molecule has 2 N–H and O–H groups in total. The first-order valence-electron chi connectivity index (χ1n) is 7.71. The highest BCUT2D eigenvalue weighted by molar-refractivity contribution is 6.33. The zero-order valence-corrected chi connectivity index (χ0v) is 15.4. The summed E-state index contributed by atoms with van der Waals surface area (Å²) in [6, 6.07) is 11.6. The summed E-state index contributed by atoms with van der Waals surface area (Å²) in [5, 5.41) is 24.4. The lowest BCUT2D eigenvalue weighted by molar-refractivity contribution is -0.384. The number of hydrazone groups is 1. The molecule has 0 aliphatic rings. The van der Waals surface area contributed by atoms with E-state index in [0.29, 0.717) is 27.8 Å². The minimum atomic E-state index is -1.15. The quantitative estimate of drug-likeness (QED) is 0.317. The monoisotopic (exact) mass is 419 g/mol. The van der Waals surface area contributed by atoms with Gasteiger partial charge in [0.25, 0.3) is 5.69 Å². The number of nitrogens with zero attached hydrogens (tertiary/aromatic N) is 2. The second-order valence-electron chi connectivity index (χ2n) is 5.49. The number of nitro groups is 1. The molecule has 0 unspecified atom stereocenters. The van der Waals surface area contributed by atoms with Crippen LogP contribution in [0.3, 0.4) is 0 Å². The van der Waals surface area contributed by atoms with Crippen molar-refractivity contribution < 1.29 is 19.2 Å². The van der Waals surface area contributed by atoms with Gasteiger partial charge in [0.15, 0.2) is 0 Å². The van der Waals surface area contributed by atoms with Crippen molar-refractivity contribution in [3.8, 4) is 11.3 Å². The van der Waals surface area contributed by atoms with E-state index in [0.717, 1.165) is 0 Å². The van der Waals surface area contributed by atoms with Gasteiger partial charge in [-0.1, -0.05) is 23.2 Å². The van der Waals surface area contributed by atoms with Gasteiger partial charge in [0.05, 0.1) is 32.4 Å². The first-order valence-corrected chi connectivity index (χ1v) is 8.47. The van der Waals surface area contributed by atoms with E-state index in [9.17, 15) is 14.9 Å². The molecule has 0 bridgehead atoms. The number of hydrogen-bond acceptors (Lipinski definition) is 6. The summed E-state index contributed by atoms with van der Waals surface area (Å²) in [4.78, 5) is 21.5. The van der Waals surface area contributed by atoms with Crippen molar-refractivity contribution in [1.82, 2.24) is 0 Å². The van der Waals surface area contributed by atoms with Crippen LogP contribution in [0.1, 0.15) is 16.1 Å². The number of carboxylic acids is 1. The summed E-state index contributed by atoms with van der Waals surface area (Å²) in [5.74, 6) is -0.450. The molecule has 0 radical (unpaired) electrons. The highest BCUT2D eigenvalue weighted by Crippen LogP contribution is 2.32. The van der Waals surface area contributed by atoms with Crippen molar-refractivity contribution in [3.05, 3.63) is 80.0 Å². The van der Waals surface area contributed by atoms with Gasteiger partial charge >= 0.3 is 5.97 Å². The van der Waals surface area contributed by atoms with Gasteiger partial charge in [0.2, 0.25) is 0 Å². The van der Waals surface area contributed by atoms with E-state index >= 15 is 0 Å². The minimum Gasteiger partial charge on any atom is -0.478 e. The zero-order valence-electron chi connectivity index (χ0n) is 13.9. The third kappa shape index (κ3) is 4.30. The zero-order chi connectivity index (χ0) is 20.3. The lowest BCUT2D eigenvalue weighted by atomic mass is 10.1. The Morgan fingerprint density at radius 1 is 1.14 bits per heavy atom. The second kappa shape index (κ2) is 8.12. The van der Waals surface area contributed by atoms with E-state index in [2.05, 4.69) is 10.5 Å². The molecule has 28 heavy (non-hydrogen) atoms. The maximum absolute atomic E-state index is 11.1. The Hall–Kier alpha value is -3.36. The lowest BCUT2D eigenvalue weighted by Gasteiger charge is -2.03. The van der Waals surface area contributed by atoms with E-state index < -0.39 is 10.9 Å². The summed E-state index contributed by atoms with van der Waals surface area (Å²) in [5.41, 5.74) is 3.32. The Balaban J connectivity index is 1.77. The molecule has 0 aliphatic carbocycles. The fraction of sp³-hybridized carbons (Fsp3) is 0. The van der Waals surface area contributed by atoms with Crippen molar-refractivity contribution >= 4 is 46.8 Å². The molecule has 0 spiro atoms. The molecule has 10 heteroatoms. The van der Waals surface area contributed by atoms with Gasteiger partial charge in [-0.3, -0.25) is 15.5 Å². The Bertz CT molecular complexity index is 1090. The molecule has 0 amide bonds. The van der Waals surface area contributed by atoms with Crippen LogP contribution in [0.2, 0.25) is 10.0 Å². The lowest BCUT2D eigenvalue weighted by Crippen LogP contribution is -1.99. The number of carboxylic acid groups (broad SMARTS) is 1. The van der Waals surface area contributed by atoms with Crippen molar-refractivity contribution in [2.24, 2.45) is 5.10 Å². The molecule has 8 nitrogen and oxygen atoms in total. The van der Waals surface area contributed by atoms with Crippen LogP contribution in [-0.2, 0) is 0 Å². The number of nitro benzene ring substituents is 1. The Morgan fingerprint density at radius 3 is 2.61 bits per heavy atom. The number of benzene rings is 2. The average molecular weight is 420 g/mol. The molecule has 0 aliphatic heterocycles. The van der Waals surface area contributed by atoms with E-state index in [1.54, 1.807) is 18.2 Å². The number of carbonyl (C=O) groups is 1. The topological polar surface area (TPSA) is 118 Å². The number of halogens is 2. The van der Waals surface area contributed by atoms with Gasteiger partial charge in [0.1, 0.15) is 11.5 Å². The number of nitrogens with one attached hydrogen (secondary N) is 1. The SMILES string of the molecule is O=C(O)c1cc(N/N=C/c2ccc(-c3cc([N+](=O)[O-])ccc3Cl)o2)ccc1Cl. The molecular formula is C18H11Cl2N3O5. The molecule has 0 fully saturated rings. The first kappa shape index (κ1) is 19.4. The van der Waals surface area contributed by atoms with Crippen LogP contribution < -0.4 is 5.43 Å². The number of rotatable bonds is 6. The predicted molar refractivity (Wildman–Crippen MR) is 105 cm³/mol. The van der Waals surface area contributed by atoms with Gasteiger partial charge < -0.3 is 9.52 Å². The normalized spacial score (nSPS) is 10.9. The van der Waals surface area contributed by atoms with Crippen molar-refractivity contribution in [3.63, 3.8) is 0 Å². The van der Waals surface area contributed by atoms with Gasteiger partial charge in [-0.2, -0.15) is 5.10 Å². The molecule has 3 aromatic rings. The van der Waals surface area contributed by atoms with Crippen LogP contribution in [0, 0.1) is 10.1 Å². The van der Waals surface area contributed by atoms with Crippen LogP contribution >= 0.6 is 23.2 Å². The maximum Gasteiger partial charge on any atom is 0.337 e. The molecule has 2 aromatic carbocycles.